The van der Waals surface area contributed by atoms with Crippen LogP contribution in [-0.4, -0.2) is 41.6 Å². The number of carbonyl (C=O) groups is 2. The Balaban J connectivity index is 1.42. The average molecular weight is 395 g/mol. The van der Waals surface area contributed by atoms with Gasteiger partial charge in [-0.25, -0.2) is 0 Å². The van der Waals surface area contributed by atoms with Crippen molar-refractivity contribution in [3.8, 4) is 0 Å². The lowest BCUT2D eigenvalue weighted by molar-refractivity contribution is -0.130. The predicted molar refractivity (Wildman–Crippen MR) is 100 cm³/mol. The molecule has 1 fully saturated rings. The molecule has 0 aliphatic carbocycles. The fourth-order valence-corrected chi connectivity index (χ4v) is 3.42. The predicted octanol–water partition coefficient (Wildman–Crippen LogP) is 1.30. The van der Waals surface area contributed by atoms with E-state index in [2.05, 4.69) is 25.5 Å². The first-order chi connectivity index (χ1) is 14.0. The van der Waals surface area contributed by atoms with E-state index in [1.165, 1.54) is 4.68 Å². The van der Waals surface area contributed by atoms with Crippen LogP contribution in [0.4, 0.5) is 0 Å². The summed E-state index contributed by atoms with van der Waals surface area (Å²) in [4.78, 5) is 34.8. The highest BCUT2D eigenvalue weighted by Crippen LogP contribution is 2.33. The van der Waals surface area contributed by atoms with Gasteiger partial charge < -0.3 is 14.7 Å². The van der Waals surface area contributed by atoms with Crippen molar-refractivity contribution in [1.29, 1.82) is 0 Å². The van der Waals surface area contributed by atoms with E-state index in [9.17, 15) is 9.59 Å². The number of pyridine rings is 1. The lowest BCUT2D eigenvalue weighted by Crippen LogP contribution is -2.27. The molecule has 1 atom stereocenters. The van der Waals surface area contributed by atoms with Gasteiger partial charge in [-0.3, -0.25) is 19.3 Å². The van der Waals surface area contributed by atoms with Gasteiger partial charge in [0.1, 0.15) is 11.7 Å². The summed E-state index contributed by atoms with van der Waals surface area (Å²) < 4.78 is 6.92. The lowest BCUT2D eigenvalue weighted by Gasteiger charge is -2.21. The van der Waals surface area contributed by atoms with Crippen LogP contribution in [0.15, 0.2) is 35.1 Å². The van der Waals surface area contributed by atoms with Crippen molar-refractivity contribution >= 4 is 11.8 Å². The molecule has 10 heteroatoms. The molecule has 10 nitrogen and oxygen atoms in total. The summed E-state index contributed by atoms with van der Waals surface area (Å²) in [6.45, 7) is 2.40. The molecule has 0 saturated carbocycles. The minimum atomic E-state index is -0.271. The minimum Gasteiger partial charge on any atom is -0.343 e. The van der Waals surface area contributed by atoms with Crippen LogP contribution in [0.25, 0.3) is 0 Å². The van der Waals surface area contributed by atoms with Crippen LogP contribution >= 0.6 is 0 Å². The molecular weight excluding hydrogens is 374 g/mol. The number of aromatic nitrogens is 5. The van der Waals surface area contributed by atoms with Gasteiger partial charge in [0.15, 0.2) is 5.82 Å². The van der Waals surface area contributed by atoms with Gasteiger partial charge >= 0.3 is 0 Å². The molecule has 4 rings (SSSR count). The second-order valence-electron chi connectivity index (χ2n) is 6.96. The van der Waals surface area contributed by atoms with Gasteiger partial charge in [-0.2, -0.15) is 10.1 Å². The molecule has 1 aliphatic heterocycles. The summed E-state index contributed by atoms with van der Waals surface area (Å²) >= 11 is 0. The van der Waals surface area contributed by atoms with Gasteiger partial charge in [-0.1, -0.05) is 5.16 Å². The molecule has 3 aromatic heterocycles. The maximum absolute atomic E-state index is 12.3. The van der Waals surface area contributed by atoms with Crippen LogP contribution in [0.2, 0.25) is 0 Å². The van der Waals surface area contributed by atoms with Crippen molar-refractivity contribution in [3.63, 3.8) is 0 Å². The zero-order valence-electron chi connectivity index (χ0n) is 16.2. The van der Waals surface area contributed by atoms with E-state index in [0.717, 1.165) is 11.3 Å². The molecule has 1 N–H and O–H groups in total. The molecule has 2 amide bonds. The number of amides is 2. The zero-order valence-corrected chi connectivity index (χ0v) is 16.2. The topological polar surface area (TPSA) is 119 Å². The van der Waals surface area contributed by atoms with Crippen LogP contribution in [0, 0.1) is 6.92 Å². The molecule has 29 heavy (non-hydrogen) atoms. The normalized spacial score (nSPS) is 16.4. The molecule has 0 radical (unpaired) electrons. The summed E-state index contributed by atoms with van der Waals surface area (Å²) in [6, 6.07) is 5.18. The molecule has 0 unspecified atom stereocenters. The Hall–Kier alpha value is -3.56. The SMILES string of the molecule is Cc1cc(C(=O)NCc2noc([C@@H]3CCC(=O)N3Cc3ccncc3)n2)n(C)n1. The third-order valence-corrected chi connectivity index (χ3v) is 4.84. The van der Waals surface area contributed by atoms with Gasteiger partial charge in [-0.15, -0.1) is 0 Å². The van der Waals surface area contributed by atoms with Gasteiger partial charge in [-0.05, 0) is 37.1 Å². The summed E-state index contributed by atoms with van der Waals surface area (Å²) in [5.74, 6) is 0.516. The lowest BCUT2D eigenvalue weighted by atomic mass is 10.2. The third-order valence-electron chi connectivity index (χ3n) is 4.84. The first kappa shape index (κ1) is 18.8. The Kier molecular flexibility index (Phi) is 5.07. The highest BCUT2D eigenvalue weighted by molar-refractivity contribution is 5.92. The largest absolute Gasteiger partial charge is 0.343 e. The Morgan fingerprint density at radius 3 is 2.86 bits per heavy atom. The first-order valence-corrected chi connectivity index (χ1v) is 9.31. The Labute approximate surface area is 166 Å². The fourth-order valence-electron chi connectivity index (χ4n) is 3.42. The highest BCUT2D eigenvalue weighted by atomic mass is 16.5. The molecule has 3 aromatic rings. The van der Waals surface area contributed by atoms with Crippen molar-refractivity contribution in [2.75, 3.05) is 0 Å². The van der Waals surface area contributed by atoms with E-state index in [1.54, 1.807) is 30.4 Å². The number of likely N-dealkylation sites (tertiary alicyclic amines) is 1. The number of nitrogens with one attached hydrogen (secondary N) is 1. The second-order valence-corrected chi connectivity index (χ2v) is 6.96. The molecule has 0 spiro atoms. The van der Waals surface area contributed by atoms with Crippen molar-refractivity contribution in [1.82, 2.24) is 35.1 Å². The smallest absolute Gasteiger partial charge is 0.269 e. The monoisotopic (exact) mass is 395 g/mol. The molecule has 1 saturated heterocycles. The van der Waals surface area contributed by atoms with Crippen molar-refractivity contribution < 1.29 is 14.1 Å². The van der Waals surface area contributed by atoms with E-state index in [-0.39, 0.29) is 24.4 Å². The fraction of sp³-hybridized carbons (Fsp3) is 0.368. The van der Waals surface area contributed by atoms with E-state index < -0.39 is 0 Å². The van der Waals surface area contributed by atoms with Gasteiger partial charge in [0, 0.05) is 32.4 Å². The maximum Gasteiger partial charge on any atom is 0.269 e. The van der Waals surface area contributed by atoms with Crippen molar-refractivity contribution in [2.24, 2.45) is 7.05 Å². The Bertz CT molecular complexity index is 1030. The number of nitrogens with zero attached hydrogens (tertiary/aromatic N) is 6. The Morgan fingerprint density at radius 2 is 2.14 bits per heavy atom. The zero-order chi connectivity index (χ0) is 20.4. The van der Waals surface area contributed by atoms with Crippen LogP contribution in [-0.2, 0) is 24.9 Å². The van der Waals surface area contributed by atoms with Crippen LogP contribution < -0.4 is 5.32 Å². The van der Waals surface area contributed by atoms with E-state index in [4.69, 9.17) is 4.52 Å². The second kappa shape index (κ2) is 7.82. The highest BCUT2D eigenvalue weighted by Gasteiger charge is 2.35. The summed E-state index contributed by atoms with van der Waals surface area (Å²) in [7, 11) is 1.71. The quantitative estimate of drug-likeness (QED) is 0.668. The maximum atomic E-state index is 12.3. The molecule has 1 aliphatic rings. The van der Waals surface area contributed by atoms with E-state index >= 15 is 0 Å². The number of carbonyl (C=O) groups excluding carboxylic acids is 2. The minimum absolute atomic E-state index is 0.0476. The summed E-state index contributed by atoms with van der Waals surface area (Å²) in [5, 5.41) is 10.9. The third kappa shape index (κ3) is 4.00. The van der Waals surface area contributed by atoms with Gasteiger partial charge in [0.2, 0.25) is 11.8 Å². The molecule has 0 aromatic carbocycles. The number of aryl methyl sites for hydroxylation is 2. The molecule has 4 heterocycles. The number of rotatable bonds is 6. The first-order valence-electron chi connectivity index (χ1n) is 9.31. The Morgan fingerprint density at radius 1 is 1.34 bits per heavy atom. The number of hydrogen-bond acceptors (Lipinski definition) is 7. The molecule has 0 bridgehead atoms. The average Bonchev–Trinajstić information content (AvgIpc) is 3.40. The van der Waals surface area contributed by atoms with Crippen LogP contribution in [0.3, 0.4) is 0 Å². The molecular formula is C19H21N7O3. The standard InChI is InChI=1S/C19H21N7O3/c1-12-9-15(25(2)23-12)18(28)21-10-16-22-19(29-24-16)14-3-4-17(27)26(14)11-13-5-7-20-8-6-13/h5-9,14H,3-4,10-11H2,1-2H3,(H,21,28)/t14-/m0/s1. The van der Waals surface area contributed by atoms with Crippen molar-refractivity contribution in [3.05, 3.63) is 59.3 Å². The van der Waals surface area contributed by atoms with E-state index in [1.807, 2.05) is 19.1 Å². The number of hydrogen-bond donors (Lipinski definition) is 1. The van der Waals surface area contributed by atoms with Crippen LogP contribution in [0.1, 0.15) is 52.3 Å². The summed E-state index contributed by atoms with van der Waals surface area (Å²) in [6.07, 6.45) is 4.44. The van der Waals surface area contributed by atoms with Gasteiger partial charge in [0.25, 0.3) is 5.91 Å². The van der Waals surface area contributed by atoms with E-state index in [0.29, 0.717) is 36.8 Å². The van der Waals surface area contributed by atoms with Crippen molar-refractivity contribution in [2.45, 2.75) is 38.9 Å². The van der Waals surface area contributed by atoms with Crippen LogP contribution in [0.5, 0.6) is 0 Å². The molecule has 150 valence electrons. The summed E-state index contributed by atoms with van der Waals surface area (Å²) in [5.41, 5.74) is 2.20. The van der Waals surface area contributed by atoms with Gasteiger partial charge in [0.05, 0.1) is 12.2 Å².